The lowest BCUT2D eigenvalue weighted by molar-refractivity contribution is -0.120. The Morgan fingerprint density at radius 3 is 2.27 bits per heavy atom. The second-order valence-corrected chi connectivity index (χ2v) is 4.86. The van der Waals surface area contributed by atoms with E-state index in [0.29, 0.717) is 5.75 Å². The Kier molecular flexibility index (Phi) is 5.14. The van der Waals surface area contributed by atoms with Gasteiger partial charge >= 0.3 is 0 Å². The summed E-state index contributed by atoms with van der Waals surface area (Å²) >= 11 is 0. The molecule has 2 aromatic carbocycles. The second-order valence-electron chi connectivity index (χ2n) is 4.86. The highest BCUT2D eigenvalue weighted by Gasteiger charge is 2.11. The van der Waals surface area contributed by atoms with Gasteiger partial charge in [-0.25, -0.2) is 0 Å². The maximum absolute atomic E-state index is 12.1. The molecule has 0 heterocycles. The average molecular weight is 298 g/mol. The number of carbonyl (C=O) groups is 2. The van der Waals surface area contributed by atoms with Crippen molar-refractivity contribution in [2.75, 3.05) is 18.6 Å². The molecule has 0 fully saturated rings. The fourth-order valence-corrected chi connectivity index (χ4v) is 1.94. The van der Waals surface area contributed by atoms with Crippen LogP contribution in [0, 0.1) is 0 Å². The number of hydrogen-bond donors (Lipinski definition) is 1. The van der Waals surface area contributed by atoms with Crippen LogP contribution in [0.5, 0.6) is 5.75 Å². The van der Waals surface area contributed by atoms with Gasteiger partial charge in [0, 0.05) is 12.7 Å². The molecule has 0 aliphatic carbocycles. The first-order valence-electron chi connectivity index (χ1n) is 6.88. The summed E-state index contributed by atoms with van der Waals surface area (Å²) in [6, 6.07) is 16.3. The first kappa shape index (κ1) is 15.6. The summed E-state index contributed by atoms with van der Waals surface area (Å²) in [5.41, 5.74) is 6.75. The summed E-state index contributed by atoms with van der Waals surface area (Å²) in [7, 11) is 1.71. The minimum absolute atomic E-state index is 0.0550. The fourth-order valence-electron chi connectivity index (χ4n) is 1.94. The van der Waals surface area contributed by atoms with Gasteiger partial charge in [0.25, 0.3) is 5.91 Å². The molecule has 22 heavy (non-hydrogen) atoms. The third-order valence-electron chi connectivity index (χ3n) is 3.18. The number of nitrogens with two attached hydrogens (primary N) is 1. The van der Waals surface area contributed by atoms with Gasteiger partial charge in [0.1, 0.15) is 5.75 Å². The normalized spacial score (nSPS) is 10.0. The van der Waals surface area contributed by atoms with Gasteiger partial charge < -0.3 is 15.4 Å². The Balaban J connectivity index is 1.89. The number of rotatable bonds is 6. The summed E-state index contributed by atoms with van der Waals surface area (Å²) in [6.45, 7) is -0.0550. The Bertz CT molecular complexity index is 639. The predicted octanol–water partition coefficient (Wildman–Crippen LogP) is 1.76. The zero-order chi connectivity index (χ0) is 15.9. The number of primary amides is 1. The van der Waals surface area contributed by atoms with E-state index in [0.717, 1.165) is 11.3 Å². The van der Waals surface area contributed by atoms with Gasteiger partial charge in [0.2, 0.25) is 5.91 Å². The minimum atomic E-state index is -0.381. The first-order valence-corrected chi connectivity index (χ1v) is 6.88. The van der Waals surface area contributed by atoms with Gasteiger partial charge in [-0.2, -0.15) is 0 Å². The number of amides is 2. The van der Waals surface area contributed by atoms with Crippen LogP contribution in [0.25, 0.3) is 0 Å². The molecule has 0 bridgehead atoms. The van der Waals surface area contributed by atoms with Crippen LogP contribution in [0.2, 0.25) is 0 Å². The largest absolute Gasteiger partial charge is 0.484 e. The Morgan fingerprint density at radius 1 is 1.05 bits per heavy atom. The molecular weight excluding hydrogens is 280 g/mol. The molecule has 5 nitrogen and oxygen atoms in total. The summed E-state index contributed by atoms with van der Waals surface area (Å²) in [5, 5.41) is 0. The molecular formula is C17H18N2O3. The number of carbonyl (C=O) groups excluding carboxylic acids is 2. The third-order valence-corrected chi connectivity index (χ3v) is 3.18. The topological polar surface area (TPSA) is 72.6 Å². The molecule has 0 aliphatic rings. The van der Waals surface area contributed by atoms with Crippen LogP contribution in [0.15, 0.2) is 54.6 Å². The number of para-hydroxylation sites is 1. The van der Waals surface area contributed by atoms with Gasteiger partial charge in [0.05, 0.1) is 6.42 Å². The molecule has 0 saturated carbocycles. The van der Waals surface area contributed by atoms with E-state index in [2.05, 4.69) is 0 Å². The summed E-state index contributed by atoms with van der Waals surface area (Å²) in [5.74, 6) is 0.0452. The lowest BCUT2D eigenvalue weighted by atomic mass is 10.1. The molecule has 2 rings (SSSR count). The number of ether oxygens (including phenoxy) is 1. The highest BCUT2D eigenvalue weighted by molar-refractivity contribution is 5.93. The van der Waals surface area contributed by atoms with E-state index in [1.54, 1.807) is 36.2 Å². The summed E-state index contributed by atoms with van der Waals surface area (Å²) < 4.78 is 5.46. The standard InChI is InChI=1S/C17H18N2O3/c1-19(14-5-3-2-4-6-14)17(21)12-22-15-9-7-13(8-10-15)11-16(18)20/h2-10H,11-12H2,1H3,(H2,18,20). The van der Waals surface area contributed by atoms with Crippen molar-refractivity contribution in [2.24, 2.45) is 5.73 Å². The van der Waals surface area contributed by atoms with E-state index in [1.807, 2.05) is 30.3 Å². The lowest BCUT2D eigenvalue weighted by Gasteiger charge is -2.17. The predicted molar refractivity (Wildman–Crippen MR) is 84.7 cm³/mol. The second kappa shape index (κ2) is 7.26. The Hall–Kier alpha value is -2.82. The lowest BCUT2D eigenvalue weighted by Crippen LogP contribution is -2.31. The van der Waals surface area contributed by atoms with Crippen LogP contribution in [0.4, 0.5) is 5.69 Å². The van der Waals surface area contributed by atoms with Crippen molar-refractivity contribution >= 4 is 17.5 Å². The van der Waals surface area contributed by atoms with Crippen LogP contribution < -0.4 is 15.4 Å². The van der Waals surface area contributed by atoms with E-state index in [4.69, 9.17) is 10.5 Å². The van der Waals surface area contributed by atoms with E-state index in [1.165, 1.54) is 0 Å². The van der Waals surface area contributed by atoms with Crippen molar-refractivity contribution in [3.63, 3.8) is 0 Å². The smallest absolute Gasteiger partial charge is 0.264 e. The summed E-state index contributed by atoms with van der Waals surface area (Å²) in [4.78, 5) is 24.4. The highest BCUT2D eigenvalue weighted by Crippen LogP contribution is 2.14. The quantitative estimate of drug-likeness (QED) is 0.883. The molecule has 0 saturated heterocycles. The molecule has 2 N–H and O–H groups in total. The molecule has 0 radical (unpaired) electrons. The van der Waals surface area contributed by atoms with Crippen molar-refractivity contribution in [1.82, 2.24) is 0 Å². The van der Waals surface area contributed by atoms with Gasteiger partial charge in [0.15, 0.2) is 6.61 Å². The molecule has 2 amide bonds. The molecule has 0 spiro atoms. The van der Waals surface area contributed by atoms with Crippen LogP contribution in [0.3, 0.4) is 0 Å². The minimum Gasteiger partial charge on any atom is -0.484 e. The van der Waals surface area contributed by atoms with Gasteiger partial charge in [-0.3, -0.25) is 9.59 Å². The van der Waals surface area contributed by atoms with Crippen molar-refractivity contribution in [1.29, 1.82) is 0 Å². The number of anilines is 1. The Labute approximate surface area is 129 Å². The van der Waals surface area contributed by atoms with E-state index < -0.39 is 0 Å². The molecule has 0 aliphatic heterocycles. The van der Waals surface area contributed by atoms with Crippen LogP contribution in [-0.4, -0.2) is 25.5 Å². The molecule has 2 aromatic rings. The number of likely N-dealkylation sites (N-methyl/N-ethyl adjacent to an activating group) is 1. The first-order chi connectivity index (χ1) is 10.6. The molecule has 114 valence electrons. The monoisotopic (exact) mass is 298 g/mol. The van der Waals surface area contributed by atoms with Crippen molar-refractivity contribution in [3.8, 4) is 5.75 Å². The maximum atomic E-state index is 12.1. The number of benzene rings is 2. The molecule has 0 atom stereocenters. The van der Waals surface area contributed by atoms with Crippen molar-refractivity contribution in [3.05, 3.63) is 60.2 Å². The summed E-state index contributed by atoms with van der Waals surface area (Å²) in [6.07, 6.45) is 0.190. The zero-order valence-electron chi connectivity index (χ0n) is 12.4. The SMILES string of the molecule is CN(C(=O)COc1ccc(CC(N)=O)cc1)c1ccccc1. The maximum Gasteiger partial charge on any atom is 0.264 e. The van der Waals surface area contributed by atoms with Crippen molar-refractivity contribution in [2.45, 2.75) is 6.42 Å². The van der Waals surface area contributed by atoms with E-state index >= 15 is 0 Å². The highest BCUT2D eigenvalue weighted by atomic mass is 16.5. The molecule has 5 heteroatoms. The average Bonchev–Trinajstić information content (AvgIpc) is 2.53. The zero-order valence-corrected chi connectivity index (χ0v) is 12.4. The van der Waals surface area contributed by atoms with E-state index in [9.17, 15) is 9.59 Å². The number of hydrogen-bond acceptors (Lipinski definition) is 3. The fraction of sp³-hybridized carbons (Fsp3) is 0.176. The number of nitrogens with zero attached hydrogens (tertiary/aromatic N) is 1. The van der Waals surface area contributed by atoms with Gasteiger partial charge in [-0.1, -0.05) is 30.3 Å². The third kappa shape index (κ3) is 4.34. The molecule has 0 aromatic heterocycles. The van der Waals surface area contributed by atoms with Crippen LogP contribution >= 0.6 is 0 Å². The van der Waals surface area contributed by atoms with Crippen LogP contribution in [0.1, 0.15) is 5.56 Å². The van der Waals surface area contributed by atoms with Gasteiger partial charge in [-0.15, -0.1) is 0 Å². The molecule has 0 unspecified atom stereocenters. The van der Waals surface area contributed by atoms with Crippen molar-refractivity contribution < 1.29 is 14.3 Å². The Morgan fingerprint density at radius 2 is 1.68 bits per heavy atom. The van der Waals surface area contributed by atoms with E-state index in [-0.39, 0.29) is 24.8 Å². The van der Waals surface area contributed by atoms with Crippen LogP contribution in [-0.2, 0) is 16.0 Å². The van der Waals surface area contributed by atoms with Gasteiger partial charge in [-0.05, 0) is 29.8 Å².